The summed E-state index contributed by atoms with van der Waals surface area (Å²) >= 11 is 2.59. The maximum absolute atomic E-state index is 3.89. The van der Waals surface area contributed by atoms with Gasteiger partial charge in [-0.2, -0.15) is 0 Å². The van der Waals surface area contributed by atoms with E-state index < -0.39 is 8.07 Å². The predicted molar refractivity (Wildman–Crippen MR) is 88.0 cm³/mol. The molecule has 0 spiro atoms. The summed E-state index contributed by atoms with van der Waals surface area (Å²) < 4.78 is 1.67. The van der Waals surface area contributed by atoms with Crippen LogP contribution in [0.3, 0.4) is 0 Å². The molecule has 0 radical (unpaired) electrons. The zero-order valence-electron chi connectivity index (χ0n) is 11.4. The normalized spacial score (nSPS) is 13.6. The van der Waals surface area contributed by atoms with Gasteiger partial charge in [0.2, 0.25) is 0 Å². The number of hydrogen-bond donors (Lipinski definition) is 0. The second-order valence-electron chi connectivity index (χ2n) is 5.47. The van der Waals surface area contributed by atoms with Gasteiger partial charge in [-0.3, -0.25) is 0 Å². The molecule has 0 saturated carbocycles. The first kappa shape index (κ1) is 16.4. The Bertz CT molecular complexity index is 236. The van der Waals surface area contributed by atoms with Crippen LogP contribution in [0.4, 0.5) is 0 Å². The molecule has 0 aliphatic heterocycles. The van der Waals surface area contributed by atoms with E-state index in [0.717, 1.165) is 6.42 Å². The summed E-state index contributed by atoms with van der Waals surface area (Å²) in [4.78, 5) is 0. The number of halogens is 1. The van der Waals surface area contributed by atoms with Crippen LogP contribution < -0.4 is 0 Å². The van der Waals surface area contributed by atoms with Crippen LogP contribution in [0.1, 0.15) is 45.4 Å². The molecule has 0 heterocycles. The minimum atomic E-state index is -1.11. The van der Waals surface area contributed by atoms with Crippen LogP contribution in [0.25, 0.3) is 0 Å². The Kier molecular flexibility index (Phi) is 8.73. The summed E-state index contributed by atoms with van der Waals surface area (Å²) in [5.41, 5.74) is 1.66. The Morgan fingerprint density at radius 1 is 1.19 bits per heavy atom. The van der Waals surface area contributed by atoms with Crippen molar-refractivity contribution in [1.29, 1.82) is 0 Å². The Balaban J connectivity index is 4.42. The SMILES string of the molecule is C=CC/C(CCCCCC)=C(\I)[Si](C)(C)C. The van der Waals surface area contributed by atoms with Crippen molar-refractivity contribution in [3.8, 4) is 0 Å². The van der Waals surface area contributed by atoms with E-state index in [4.69, 9.17) is 0 Å². The molecule has 0 aliphatic rings. The van der Waals surface area contributed by atoms with E-state index in [9.17, 15) is 0 Å². The summed E-state index contributed by atoms with van der Waals surface area (Å²) in [6.45, 7) is 13.5. The van der Waals surface area contributed by atoms with Gasteiger partial charge in [-0.25, -0.2) is 0 Å². The van der Waals surface area contributed by atoms with Crippen molar-refractivity contribution < 1.29 is 0 Å². The standard InChI is InChI=1S/C14H27ISi/c1-6-8-9-10-12-13(11-7-2)14(15)16(3,4)5/h7H,2,6,8-12H2,1,3-5H3/b14-13-. The van der Waals surface area contributed by atoms with Crippen molar-refractivity contribution in [2.75, 3.05) is 0 Å². The Morgan fingerprint density at radius 3 is 2.25 bits per heavy atom. The van der Waals surface area contributed by atoms with Gasteiger partial charge in [0.05, 0.1) is 8.07 Å². The fourth-order valence-corrected chi connectivity index (χ4v) is 3.55. The number of unbranched alkanes of at least 4 members (excludes halogenated alkanes) is 3. The summed E-state index contributed by atoms with van der Waals surface area (Å²) in [6, 6.07) is 0. The molecule has 0 saturated heterocycles. The van der Waals surface area contributed by atoms with Crippen LogP contribution in [-0.2, 0) is 0 Å². The fourth-order valence-electron chi connectivity index (χ4n) is 1.77. The lowest BCUT2D eigenvalue weighted by atomic mass is 10.1. The summed E-state index contributed by atoms with van der Waals surface area (Å²) in [7, 11) is -1.11. The Hall–Kier alpha value is 0.427. The van der Waals surface area contributed by atoms with Gasteiger partial charge >= 0.3 is 0 Å². The van der Waals surface area contributed by atoms with Crippen LogP contribution >= 0.6 is 22.6 Å². The highest BCUT2D eigenvalue weighted by molar-refractivity contribution is 14.1. The van der Waals surface area contributed by atoms with Gasteiger partial charge in [0.1, 0.15) is 0 Å². The van der Waals surface area contributed by atoms with Crippen LogP contribution in [0.5, 0.6) is 0 Å². The first-order chi connectivity index (χ1) is 7.43. The molecular weight excluding hydrogens is 323 g/mol. The summed E-state index contributed by atoms with van der Waals surface area (Å²) in [6.07, 6.45) is 9.88. The minimum absolute atomic E-state index is 1.09. The molecule has 0 aromatic rings. The zero-order valence-corrected chi connectivity index (χ0v) is 14.6. The number of allylic oxidation sites excluding steroid dienone is 2. The van der Waals surface area contributed by atoms with Crippen LogP contribution in [0.15, 0.2) is 21.4 Å². The smallest absolute Gasteiger partial charge is 0.0854 e. The topological polar surface area (TPSA) is 0 Å². The highest BCUT2D eigenvalue weighted by Crippen LogP contribution is 2.30. The molecule has 16 heavy (non-hydrogen) atoms. The molecule has 0 nitrogen and oxygen atoms in total. The van der Waals surface area contributed by atoms with E-state index in [1.165, 1.54) is 32.1 Å². The zero-order chi connectivity index (χ0) is 12.6. The van der Waals surface area contributed by atoms with Gasteiger partial charge < -0.3 is 0 Å². The summed E-state index contributed by atoms with van der Waals surface area (Å²) in [5, 5.41) is 0. The third-order valence-electron chi connectivity index (χ3n) is 2.69. The van der Waals surface area contributed by atoms with Crippen molar-refractivity contribution in [2.24, 2.45) is 0 Å². The lowest BCUT2D eigenvalue weighted by Gasteiger charge is -2.20. The van der Waals surface area contributed by atoms with E-state index in [0.29, 0.717) is 0 Å². The van der Waals surface area contributed by atoms with Crippen molar-refractivity contribution >= 4 is 30.7 Å². The average Bonchev–Trinajstić information content (AvgIpc) is 2.20. The molecule has 0 amide bonds. The number of rotatable bonds is 8. The molecule has 94 valence electrons. The fraction of sp³-hybridized carbons (Fsp3) is 0.714. The van der Waals surface area contributed by atoms with Gasteiger partial charge in [-0.15, -0.1) is 6.58 Å². The van der Waals surface area contributed by atoms with E-state index in [-0.39, 0.29) is 0 Å². The van der Waals surface area contributed by atoms with Gasteiger partial charge in [-0.1, -0.05) is 80.1 Å². The lowest BCUT2D eigenvalue weighted by molar-refractivity contribution is 0.660. The molecule has 0 fully saturated rings. The maximum Gasteiger partial charge on any atom is 0.0854 e. The molecule has 2 heteroatoms. The Labute approximate surface area is 117 Å². The van der Waals surface area contributed by atoms with Gasteiger partial charge in [-0.05, 0) is 22.5 Å². The van der Waals surface area contributed by atoms with Crippen molar-refractivity contribution in [3.63, 3.8) is 0 Å². The maximum atomic E-state index is 3.89. The minimum Gasteiger partial charge on any atom is -0.103 e. The molecule has 0 rings (SSSR count). The predicted octanol–water partition coefficient (Wildman–Crippen LogP) is 6.10. The highest BCUT2D eigenvalue weighted by Gasteiger charge is 2.20. The van der Waals surface area contributed by atoms with Crippen LogP contribution in [0.2, 0.25) is 19.6 Å². The van der Waals surface area contributed by atoms with E-state index in [1.807, 2.05) is 0 Å². The van der Waals surface area contributed by atoms with Crippen LogP contribution in [-0.4, -0.2) is 8.07 Å². The second-order valence-corrected chi connectivity index (χ2v) is 12.6. The van der Waals surface area contributed by atoms with E-state index in [1.54, 1.807) is 8.78 Å². The van der Waals surface area contributed by atoms with Crippen LogP contribution in [0, 0.1) is 0 Å². The first-order valence-corrected chi connectivity index (χ1v) is 11.0. The second kappa shape index (κ2) is 8.51. The molecule has 0 N–H and O–H groups in total. The lowest BCUT2D eigenvalue weighted by Crippen LogP contribution is -2.22. The quantitative estimate of drug-likeness (QED) is 0.215. The van der Waals surface area contributed by atoms with Crippen molar-refractivity contribution in [3.05, 3.63) is 21.4 Å². The molecule has 0 unspecified atom stereocenters. The highest BCUT2D eigenvalue weighted by atomic mass is 127. The third kappa shape index (κ3) is 6.89. The van der Waals surface area contributed by atoms with Crippen molar-refractivity contribution in [1.82, 2.24) is 0 Å². The largest absolute Gasteiger partial charge is 0.103 e. The molecule has 0 aromatic carbocycles. The van der Waals surface area contributed by atoms with E-state index in [2.05, 4.69) is 61.8 Å². The molecule has 0 aliphatic carbocycles. The van der Waals surface area contributed by atoms with Crippen molar-refractivity contribution in [2.45, 2.75) is 65.1 Å². The van der Waals surface area contributed by atoms with Gasteiger partial charge in [0.15, 0.2) is 0 Å². The van der Waals surface area contributed by atoms with Gasteiger partial charge in [0.25, 0.3) is 0 Å². The Morgan fingerprint density at radius 2 is 1.81 bits per heavy atom. The molecule has 0 atom stereocenters. The molecular formula is C14H27ISi. The summed E-state index contributed by atoms with van der Waals surface area (Å²) in [5.74, 6) is 0. The third-order valence-corrected chi connectivity index (χ3v) is 9.98. The molecule has 0 bridgehead atoms. The monoisotopic (exact) mass is 350 g/mol. The first-order valence-electron chi connectivity index (χ1n) is 6.42. The molecule has 0 aromatic heterocycles. The average molecular weight is 350 g/mol. The van der Waals surface area contributed by atoms with E-state index >= 15 is 0 Å². The van der Waals surface area contributed by atoms with Gasteiger partial charge in [0, 0.05) is 0 Å². The number of hydrogen-bond acceptors (Lipinski definition) is 0.